The van der Waals surface area contributed by atoms with Crippen molar-refractivity contribution in [2.24, 2.45) is 5.73 Å². The van der Waals surface area contributed by atoms with E-state index in [4.69, 9.17) is 10.5 Å². The Labute approximate surface area is 146 Å². The number of nitrogens with one attached hydrogen (secondary N) is 1. The van der Waals surface area contributed by atoms with Crippen LogP contribution in [-0.4, -0.2) is 50.8 Å². The molecule has 2 atom stereocenters. The van der Waals surface area contributed by atoms with E-state index in [0.717, 1.165) is 64.8 Å². The van der Waals surface area contributed by atoms with Gasteiger partial charge in [0.25, 0.3) is 0 Å². The first-order valence-corrected chi connectivity index (χ1v) is 9.53. The monoisotopic (exact) mass is 331 g/mol. The van der Waals surface area contributed by atoms with Crippen LogP contribution in [0.4, 0.5) is 0 Å². The largest absolute Gasteiger partial charge is 0.373 e. The lowest BCUT2D eigenvalue weighted by molar-refractivity contribution is -0.0328. The lowest BCUT2D eigenvalue weighted by Crippen LogP contribution is -2.45. The van der Waals surface area contributed by atoms with E-state index in [1.54, 1.807) is 0 Å². The average molecular weight is 332 g/mol. The van der Waals surface area contributed by atoms with E-state index >= 15 is 0 Å². The Kier molecular flexibility index (Phi) is 5.93. The van der Waals surface area contributed by atoms with Gasteiger partial charge in [0, 0.05) is 45.9 Å². The summed E-state index contributed by atoms with van der Waals surface area (Å²) in [6.07, 6.45) is 5.28. The molecule has 1 aliphatic carbocycles. The van der Waals surface area contributed by atoms with Crippen molar-refractivity contribution in [2.75, 3.05) is 39.8 Å². The molecule has 1 saturated heterocycles. The number of methoxy groups -OCH3 is 1. The number of ether oxygens (including phenoxy) is 1. The summed E-state index contributed by atoms with van der Waals surface area (Å²) in [6.45, 7) is 7.82. The van der Waals surface area contributed by atoms with Crippen molar-refractivity contribution in [3.63, 3.8) is 0 Å². The van der Waals surface area contributed by atoms with Crippen LogP contribution in [0, 0.1) is 0 Å². The van der Waals surface area contributed by atoms with E-state index in [2.05, 4.69) is 35.3 Å². The summed E-state index contributed by atoms with van der Waals surface area (Å²) >= 11 is 0. The van der Waals surface area contributed by atoms with Crippen molar-refractivity contribution < 1.29 is 4.74 Å². The highest BCUT2D eigenvalue weighted by molar-refractivity contribution is 5.37. The van der Waals surface area contributed by atoms with Gasteiger partial charge in [-0.1, -0.05) is 25.1 Å². The molecule has 0 aromatic heterocycles. The molecule has 134 valence electrons. The zero-order valence-electron chi connectivity index (χ0n) is 15.3. The van der Waals surface area contributed by atoms with Gasteiger partial charge in [-0.05, 0) is 48.8 Å². The minimum atomic E-state index is -0.179. The molecule has 2 aliphatic rings. The summed E-state index contributed by atoms with van der Waals surface area (Å²) in [5.74, 6) is 0. The van der Waals surface area contributed by atoms with E-state index in [1.807, 2.05) is 7.11 Å². The lowest BCUT2D eigenvalue weighted by atomic mass is 9.81. The van der Waals surface area contributed by atoms with E-state index in [1.165, 1.54) is 16.7 Å². The molecule has 3 rings (SSSR count). The molecule has 0 radical (unpaired) electrons. The highest BCUT2D eigenvalue weighted by Gasteiger charge is 2.32. The lowest BCUT2D eigenvalue weighted by Gasteiger charge is -2.36. The minimum absolute atomic E-state index is 0.179. The molecule has 1 aromatic carbocycles. The Bertz CT molecular complexity index is 536. The molecule has 0 spiro atoms. The standard InChI is InChI=1S/C20H33N3O/c1-3-20(24-2,8-11-23-12-9-22-10-13-23)18-6-4-16-5-7-19(21)15-17(16)14-18/h4,6,14,19,22H,3,5,7-13,15,21H2,1-2H3. The van der Waals surface area contributed by atoms with E-state index in [0.29, 0.717) is 6.04 Å². The van der Waals surface area contributed by atoms with E-state index < -0.39 is 0 Å². The van der Waals surface area contributed by atoms with Gasteiger partial charge < -0.3 is 20.7 Å². The molecule has 24 heavy (non-hydrogen) atoms. The molecule has 2 unspecified atom stereocenters. The van der Waals surface area contributed by atoms with Gasteiger partial charge in [0.05, 0.1) is 5.60 Å². The van der Waals surface area contributed by atoms with Crippen molar-refractivity contribution in [1.29, 1.82) is 0 Å². The van der Waals surface area contributed by atoms with Crippen LogP contribution in [0.2, 0.25) is 0 Å². The van der Waals surface area contributed by atoms with Crippen LogP contribution in [0.15, 0.2) is 18.2 Å². The van der Waals surface area contributed by atoms with Gasteiger partial charge in [-0.15, -0.1) is 0 Å². The topological polar surface area (TPSA) is 50.5 Å². The molecule has 4 nitrogen and oxygen atoms in total. The van der Waals surface area contributed by atoms with Crippen LogP contribution < -0.4 is 11.1 Å². The first-order chi connectivity index (χ1) is 11.7. The maximum atomic E-state index is 6.19. The van der Waals surface area contributed by atoms with Gasteiger partial charge in [-0.3, -0.25) is 0 Å². The second-order valence-corrected chi connectivity index (χ2v) is 7.38. The summed E-state index contributed by atoms with van der Waals surface area (Å²) in [7, 11) is 1.87. The fourth-order valence-corrected chi connectivity index (χ4v) is 4.23. The van der Waals surface area contributed by atoms with E-state index in [-0.39, 0.29) is 5.60 Å². The third kappa shape index (κ3) is 3.83. The van der Waals surface area contributed by atoms with Crippen molar-refractivity contribution in [2.45, 2.75) is 50.7 Å². The number of hydrogen-bond acceptors (Lipinski definition) is 4. The third-order valence-corrected chi connectivity index (χ3v) is 6.00. The Morgan fingerprint density at radius 2 is 2.08 bits per heavy atom. The second-order valence-electron chi connectivity index (χ2n) is 7.38. The zero-order chi connectivity index (χ0) is 17.0. The van der Waals surface area contributed by atoms with Gasteiger partial charge in [0.2, 0.25) is 0 Å². The zero-order valence-corrected chi connectivity index (χ0v) is 15.3. The fourth-order valence-electron chi connectivity index (χ4n) is 4.23. The maximum absolute atomic E-state index is 6.19. The molecule has 0 bridgehead atoms. The fraction of sp³-hybridized carbons (Fsp3) is 0.700. The van der Waals surface area contributed by atoms with Gasteiger partial charge in [0.15, 0.2) is 0 Å². The number of nitrogens with zero attached hydrogens (tertiary/aromatic N) is 1. The summed E-state index contributed by atoms with van der Waals surface area (Å²) in [5, 5.41) is 3.43. The Hall–Kier alpha value is -0.940. The van der Waals surface area contributed by atoms with Crippen molar-refractivity contribution in [3.8, 4) is 0 Å². The summed E-state index contributed by atoms with van der Waals surface area (Å²) in [4.78, 5) is 2.55. The Morgan fingerprint density at radius 3 is 2.79 bits per heavy atom. The molecule has 3 N–H and O–H groups in total. The molecule has 0 saturated carbocycles. The second kappa shape index (κ2) is 7.96. The van der Waals surface area contributed by atoms with Crippen molar-refractivity contribution in [3.05, 3.63) is 34.9 Å². The Balaban J connectivity index is 1.77. The molecule has 0 amide bonds. The molecule has 1 aromatic rings. The minimum Gasteiger partial charge on any atom is -0.373 e. The first kappa shape index (κ1) is 17.9. The number of fused-ring (bicyclic) bond motifs is 1. The van der Waals surface area contributed by atoms with Gasteiger partial charge >= 0.3 is 0 Å². The van der Waals surface area contributed by atoms with Crippen LogP contribution in [0.3, 0.4) is 0 Å². The Morgan fingerprint density at radius 1 is 1.29 bits per heavy atom. The molecule has 1 fully saturated rings. The summed E-state index contributed by atoms with van der Waals surface area (Å²) in [5.41, 5.74) is 10.2. The van der Waals surface area contributed by atoms with Crippen LogP contribution in [-0.2, 0) is 23.2 Å². The quantitative estimate of drug-likeness (QED) is 0.838. The van der Waals surface area contributed by atoms with Crippen LogP contribution >= 0.6 is 0 Å². The predicted octanol–water partition coefficient (Wildman–Crippen LogP) is 2.05. The normalized spacial score (nSPS) is 24.4. The van der Waals surface area contributed by atoms with Crippen molar-refractivity contribution in [1.82, 2.24) is 10.2 Å². The number of aryl methyl sites for hydroxylation is 1. The molecule has 4 heteroatoms. The number of rotatable bonds is 6. The number of nitrogens with two attached hydrogens (primary N) is 1. The maximum Gasteiger partial charge on any atom is 0.0937 e. The van der Waals surface area contributed by atoms with Gasteiger partial charge in [-0.2, -0.15) is 0 Å². The predicted molar refractivity (Wildman–Crippen MR) is 99.3 cm³/mol. The van der Waals surface area contributed by atoms with Crippen LogP contribution in [0.5, 0.6) is 0 Å². The third-order valence-electron chi connectivity index (χ3n) is 6.00. The highest BCUT2D eigenvalue weighted by atomic mass is 16.5. The highest BCUT2D eigenvalue weighted by Crippen LogP contribution is 2.35. The first-order valence-electron chi connectivity index (χ1n) is 9.53. The van der Waals surface area contributed by atoms with Gasteiger partial charge in [-0.25, -0.2) is 0 Å². The average Bonchev–Trinajstić information content (AvgIpc) is 2.63. The summed E-state index contributed by atoms with van der Waals surface area (Å²) in [6, 6.07) is 7.29. The van der Waals surface area contributed by atoms with Crippen LogP contribution in [0.25, 0.3) is 0 Å². The molecule has 1 aliphatic heterocycles. The number of piperazine rings is 1. The summed E-state index contributed by atoms with van der Waals surface area (Å²) < 4.78 is 6.11. The number of hydrogen-bond donors (Lipinski definition) is 2. The molecular weight excluding hydrogens is 298 g/mol. The SMILES string of the molecule is CCC(CCN1CCNCC1)(OC)c1ccc2c(c1)CC(N)CC2. The smallest absolute Gasteiger partial charge is 0.0937 e. The molecular formula is C20H33N3O. The van der Waals surface area contributed by atoms with Crippen molar-refractivity contribution >= 4 is 0 Å². The van der Waals surface area contributed by atoms with Crippen LogP contribution in [0.1, 0.15) is 42.9 Å². The van der Waals surface area contributed by atoms with E-state index in [9.17, 15) is 0 Å². The molecule has 1 heterocycles. The number of benzene rings is 1. The van der Waals surface area contributed by atoms with Gasteiger partial charge in [0.1, 0.15) is 0 Å².